The molecule has 62 valence electrons. The van der Waals surface area contributed by atoms with Crippen molar-refractivity contribution in [3.8, 4) is 0 Å². The van der Waals surface area contributed by atoms with E-state index in [4.69, 9.17) is 0 Å². The molecule has 0 amide bonds. The highest BCUT2D eigenvalue weighted by molar-refractivity contribution is 4.92. The molecule has 0 aromatic heterocycles. The summed E-state index contributed by atoms with van der Waals surface area (Å²) >= 11 is 0. The molecular weight excluding hydrogens is 134 g/mol. The highest BCUT2D eigenvalue weighted by Crippen LogP contribution is 2.35. The van der Waals surface area contributed by atoms with Crippen molar-refractivity contribution in [3.05, 3.63) is 0 Å². The van der Waals surface area contributed by atoms with Crippen LogP contribution in [-0.2, 0) is 0 Å². The normalized spacial score (nSPS) is 23.4. The van der Waals surface area contributed by atoms with Crippen molar-refractivity contribution >= 4 is 0 Å². The van der Waals surface area contributed by atoms with Gasteiger partial charge in [0, 0.05) is 0 Å². The Hall–Kier alpha value is -0.140. The topological polar surface area (TPSA) is 0 Å². The minimum atomic E-state index is -1.68. The number of alkyl halides is 2. The zero-order valence-electron chi connectivity index (χ0n) is 7.17. The van der Waals surface area contributed by atoms with Crippen LogP contribution in [0.5, 0.6) is 0 Å². The fraction of sp³-hybridized carbons (Fsp3) is 1.00. The third kappa shape index (κ3) is 1.68. The molecule has 0 aromatic carbocycles. The van der Waals surface area contributed by atoms with Crippen LogP contribution in [0.25, 0.3) is 0 Å². The molecule has 0 saturated carbocycles. The Bertz CT molecular complexity index is 91.8. The number of hydrogen-bond donors (Lipinski definition) is 0. The molecule has 0 saturated heterocycles. The van der Waals surface area contributed by atoms with Crippen LogP contribution in [0.1, 0.15) is 40.5 Å². The van der Waals surface area contributed by atoms with E-state index >= 15 is 0 Å². The highest BCUT2D eigenvalue weighted by atomic mass is 19.2. The summed E-state index contributed by atoms with van der Waals surface area (Å²) in [5.74, 6) is 0. The Balaban J connectivity index is 4.28. The second-order valence-electron chi connectivity index (χ2n) is 3.10. The quantitative estimate of drug-likeness (QED) is 0.579. The second-order valence-corrected chi connectivity index (χ2v) is 3.10. The average Bonchev–Trinajstić information content (AvgIpc) is 1.88. The summed E-state index contributed by atoms with van der Waals surface area (Å²) in [5, 5.41) is 0. The Kier molecular flexibility index (Phi) is 2.81. The molecule has 0 bridgehead atoms. The van der Waals surface area contributed by atoms with Gasteiger partial charge in [0.1, 0.15) is 11.3 Å². The fourth-order valence-electron chi connectivity index (χ4n) is 0.737. The zero-order valence-corrected chi connectivity index (χ0v) is 7.17. The molecule has 0 aliphatic carbocycles. The van der Waals surface area contributed by atoms with Crippen molar-refractivity contribution in [2.75, 3.05) is 0 Å². The van der Waals surface area contributed by atoms with Crippen molar-refractivity contribution < 1.29 is 8.78 Å². The molecule has 0 fully saturated rings. The summed E-state index contributed by atoms with van der Waals surface area (Å²) in [4.78, 5) is 0. The summed E-state index contributed by atoms with van der Waals surface area (Å²) < 4.78 is 26.4. The fourth-order valence-corrected chi connectivity index (χ4v) is 0.737. The first-order valence-electron chi connectivity index (χ1n) is 3.75. The first-order chi connectivity index (χ1) is 4.37. The first-order valence-corrected chi connectivity index (χ1v) is 3.75. The molecule has 2 heteroatoms. The number of rotatable bonds is 3. The van der Waals surface area contributed by atoms with Crippen LogP contribution in [0.3, 0.4) is 0 Å². The third-order valence-electron chi connectivity index (χ3n) is 2.41. The lowest BCUT2D eigenvalue weighted by Crippen LogP contribution is -2.41. The molecule has 0 N–H and O–H groups in total. The number of hydrogen-bond acceptors (Lipinski definition) is 0. The van der Waals surface area contributed by atoms with Gasteiger partial charge in [-0.25, -0.2) is 8.78 Å². The van der Waals surface area contributed by atoms with Crippen LogP contribution in [0.2, 0.25) is 0 Å². The summed E-state index contributed by atoms with van der Waals surface area (Å²) in [6.07, 6.45) is 0.460. The van der Waals surface area contributed by atoms with Gasteiger partial charge in [-0.15, -0.1) is 0 Å². The van der Waals surface area contributed by atoms with E-state index in [0.29, 0.717) is 0 Å². The van der Waals surface area contributed by atoms with Crippen LogP contribution in [-0.4, -0.2) is 11.3 Å². The Morgan fingerprint density at radius 1 is 0.900 bits per heavy atom. The zero-order chi connectivity index (χ0) is 8.41. The molecule has 0 heterocycles. The Labute approximate surface area is 61.6 Å². The van der Waals surface area contributed by atoms with Gasteiger partial charge in [-0.2, -0.15) is 0 Å². The van der Waals surface area contributed by atoms with Crippen molar-refractivity contribution in [1.29, 1.82) is 0 Å². The third-order valence-corrected chi connectivity index (χ3v) is 2.41. The standard InChI is InChI=1S/C8H16F2/c1-5-7(3,9)8(4,10)6-2/h5-6H2,1-4H3/t7-,8?/m1/s1. The SMILES string of the molecule is CCC(C)(F)[C@](C)(F)CC. The van der Waals surface area contributed by atoms with E-state index in [-0.39, 0.29) is 12.8 Å². The van der Waals surface area contributed by atoms with E-state index in [1.54, 1.807) is 13.8 Å². The van der Waals surface area contributed by atoms with Crippen LogP contribution in [0, 0.1) is 0 Å². The first kappa shape index (κ1) is 9.86. The van der Waals surface area contributed by atoms with Crippen LogP contribution < -0.4 is 0 Å². The largest absolute Gasteiger partial charge is 0.241 e. The van der Waals surface area contributed by atoms with E-state index in [2.05, 4.69) is 0 Å². The van der Waals surface area contributed by atoms with Gasteiger partial charge in [-0.05, 0) is 26.7 Å². The lowest BCUT2D eigenvalue weighted by molar-refractivity contribution is -0.0198. The van der Waals surface area contributed by atoms with Crippen LogP contribution >= 0.6 is 0 Å². The minimum absolute atomic E-state index is 0.230. The second kappa shape index (κ2) is 2.85. The lowest BCUT2D eigenvalue weighted by Gasteiger charge is -2.32. The maximum absolute atomic E-state index is 13.2. The van der Waals surface area contributed by atoms with Crippen LogP contribution in [0.4, 0.5) is 8.78 Å². The molecule has 0 aliphatic rings. The van der Waals surface area contributed by atoms with Gasteiger partial charge in [0.05, 0.1) is 0 Å². The van der Waals surface area contributed by atoms with Gasteiger partial charge in [-0.3, -0.25) is 0 Å². The summed E-state index contributed by atoms with van der Waals surface area (Å²) in [5.41, 5.74) is -3.36. The van der Waals surface area contributed by atoms with Gasteiger partial charge < -0.3 is 0 Å². The van der Waals surface area contributed by atoms with E-state index in [1.807, 2.05) is 0 Å². The van der Waals surface area contributed by atoms with Gasteiger partial charge in [0.25, 0.3) is 0 Å². The Morgan fingerprint density at radius 3 is 1.20 bits per heavy atom. The molecule has 0 radical (unpaired) electrons. The van der Waals surface area contributed by atoms with E-state index in [1.165, 1.54) is 13.8 Å². The summed E-state index contributed by atoms with van der Waals surface area (Å²) in [6.45, 7) is 5.95. The predicted molar refractivity (Wildman–Crippen MR) is 39.6 cm³/mol. The van der Waals surface area contributed by atoms with Crippen molar-refractivity contribution in [2.24, 2.45) is 0 Å². The van der Waals surface area contributed by atoms with Gasteiger partial charge in [-0.1, -0.05) is 13.8 Å². The van der Waals surface area contributed by atoms with Gasteiger partial charge >= 0.3 is 0 Å². The molecule has 10 heavy (non-hydrogen) atoms. The van der Waals surface area contributed by atoms with Crippen molar-refractivity contribution in [1.82, 2.24) is 0 Å². The van der Waals surface area contributed by atoms with E-state index < -0.39 is 11.3 Å². The van der Waals surface area contributed by atoms with Gasteiger partial charge in [0.15, 0.2) is 0 Å². The summed E-state index contributed by atoms with van der Waals surface area (Å²) in [6, 6.07) is 0. The molecular formula is C8H16F2. The smallest absolute Gasteiger partial charge is 0.141 e. The molecule has 0 aliphatic heterocycles. The number of halogens is 2. The highest BCUT2D eigenvalue weighted by Gasteiger charge is 2.42. The average molecular weight is 150 g/mol. The molecule has 0 rings (SSSR count). The Morgan fingerprint density at radius 2 is 1.10 bits per heavy atom. The molecule has 0 spiro atoms. The predicted octanol–water partition coefficient (Wildman–Crippen LogP) is 3.26. The maximum Gasteiger partial charge on any atom is 0.141 e. The molecule has 2 atom stereocenters. The lowest BCUT2D eigenvalue weighted by atomic mass is 9.85. The van der Waals surface area contributed by atoms with Crippen molar-refractivity contribution in [2.45, 2.75) is 51.9 Å². The van der Waals surface area contributed by atoms with Crippen molar-refractivity contribution in [3.63, 3.8) is 0 Å². The molecule has 0 nitrogen and oxygen atoms in total. The monoisotopic (exact) mass is 150 g/mol. The molecule has 0 aromatic rings. The summed E-state index contributed by atoms with van der Waals surface area (Å²) in [7, 11) is 0. The van der Waals surface area contributed by atoms with Crippen LogP contribution in [0.15, 0.2) is 0 Å². The van der Waals surface area contributed by atoms with E-state index in [0.717, 1.165) is 0 Å². The minimum Gasteiger partial charge on any atom is -0.241 e. The maximum atomic E-state index is 13.2. The van der Waals surface area contributed by atoms with E-state index in [9.17, 15) is 8.78 Å². The van der Waals surface area contributed by atoms with Gasteiger partial charge in [0.2, 0.25) is 0 Å². The molecule has 1 unspecified atom stereocenters.